The lowest BCUT2D eigenvalue weighted by Crippen LogP contribution is -2.02. The first-order valence-corrected chi connectivity index (χ1v) is 4.62. The van der Waals surface area contributed by atoms with Gasteiger partial charge in [-0.05, 0) is 0 Å². The highest BCUT2D eigenvalue weighted by Crippen LogP contribution is 2.07. The standard InChI is InChI=1S/2C2H6.3BF4.H2O/c2*1-2;3*2-1(3,4)5;/h2*1-2H3;;;;1H2/q;;3*-1;. The van der Waals surface area contributed by atoms with Crippen LogP contribution in [0.1, 0.15) is 27.7 Å². The highest BCUT2D eigenvalue weighted by atomic mass is 19.5. The summed E-state index contributed by atoms with van der Waals surface area (Å²) >= 11 is 0. The molecule has 0 amide bonds. The second-order valence-corrected chi connectivity index (χ2v) is 1.48. The summed E-state index contributed by atoms with van der Waals surface area (Å²) < 4.78 is 117. The molecule has 0 aliphatic rings. The fourth-order valence-electron chi connectivity index (χ4n) is 0. The van der Waals surface area contributed by atoms with Crippen LogP contribution in [-0.4, -0.2) is 27.2 Å². The van der Waals surface area contributed by atoms with Crippen LogP contribution in [-0.2, 0) is 0 Å². The van der Waals surface area contributed by atoms with E-state index in [1.165, 1.54) is 0 Å². The van der Waals surface area contributed by atoms with Gasteiger partial charge in [0, 0.05) is 0 Å². The molecule has 0 bridgehead atoms. The molecule has 0 saturated carbocycles. The van der Waals surface area contributed by atoms with Crippen molar-refractivity contribution in [2.75, 3.05) is 0 Å². The summed E-state index contributed by atoms with van der Waals surface area (Å²) in [5.41, 5.74) is 0. The molecule has 0 aromatic carbocycles. The molecule has 0 spiro atoms. The number of halogens is 12. The second-order valence-electron chi connectivity index (χ2n) is 1.48. The zero-order chi connectivity index (χ0) is 17.5. The minimum Gasteiger partial charge on any atom is -0.418 e. The summed E-state index contributed by atoms with van der Waals surface area (Å²) in [6.45, 7) is 8.00. The van der Waals surface area contributed by atoms with Crippen molar-refractivity contribution < 1.29 is 57.3 Å². The maximum atomic E-state index is 9.75. The third-order valence-corrected chi connectivity index (χ3v) is 0. The van der Waals surface area contributed by atoms with Gasteiger partial charge >= 0.3 is 21.8 Å². The van der Waals surface area contributed by atoms with Crippen molar-refractivity contribution in [3.8, 4) is 0 Å². The Morgan fingerprint density at radius 2 is 0.350 bits per heavy atom. The third kappa shape index (κ3) is 9820. The van der Waals surface area contributed by atoms with Crippen LogP contribution in [0.2, 0.25) is 0 Å². The predicted molar refractivity (Wildman–Crippen MR) is 56.9 cm³/mol. The highest BCUT2D eigenvalue weighted by Gasteiger charge is 2.21. The van der Waals surface area contributed by atoms with E-state index in [9.17, 15) is 51.8 Å². The quantitative estimate of drug-likeness (QED) is 0.433. The monoisotopic (exact) mass is 339 g/mol. The van der Waals surface area contributed by atoms with E-state index < -0.39 is 21.8 Å². The van der Waals surface area contributed by atoms with Gasteiger partial charge in [0.15, 0.2) is 0 Å². The van der Waals surface area contributed by atoms with Crippen LogP contribution in [0.15, 0.2) is 0 Å². The largest absolute Gasteiger partial charge is 0.673 e. The Bertz CT molecular complexity index is 106. The number of hydrogen-bond donors (Lipinski definition) is 0. The first-order valence-electron chi connectivity index (χ1n) is 4.62. The molecule has 1 nitrogen and oxygen atoms in total. The van der Waals surface area contributed by atoms with Crippen molar-refractivity contribution in [1.82, 2.24) is 0 Å². The van der Waals surface area contributed by atoms with E-state index >= 15 is 0 Å². The molecule has 0 rings (SSSR count). The highest BCUT2D eigenvalue weighted by molar-refractivity contribution is 6.50. The molecular formula is C4H14B3F12O-3. The van der Waals surface area contributed by atoms with Crippen molar-refractivity contribution >= 4 is 21.8 Å². The Morgan fingerprint density at radius 1 is 0.350 bits per heavy atom. The van der Waals surface area contributed by atoms with Gasteiger partial charge < -0.3 is 57.3 Å². The van der Waals surface area contributed by atoms with E-state index in [2.05, 4.69) is 0 Å². The van der Waals surface area contributed by atoms with Gasteiger partial charge in [-0.25, -0.2) is 0 Å². The number of hydrogen-bond acceptors (Lipinski definition) is 0. The van der Waals surface area contributed by atoms with E-state index in [1.807, 2.05) is 27.7 Å². The van der Waals surface area contributed by atoms with E-state index in [0.29, 0.717) is 0 Å². The number of rotatable bonds is 0. The zero-order valence-electron chi connectivity index (χ0n) is 10.8. The molecule has 0 heterocycles. The van der Waals surface area contributed by atoms with Crippen molar-refractivity contribution in [1.29, 1.82) is 0 Å². The fourth-order valence-corrected chi connectivity index (χ4v) is 0. The summed E-state index contributed by atoms with van der Waals surface area (Å²) in [5, 5.41) is 0. The van der Waals surface area contributed by atoms with Gasteiger partial charge in [0.2, 0.25) is 0 Å². The molecule has 0 atom stereocenters. The Balaban J connectivity index is -0.0000000319. The molecule has 132 valence electrons. The molecule has 0 aliphatic heterocycles. The van der Waals surface area contributed by atoms with Crippen LogP contribution in [0.3, 0.4) is 0 Å². The summed E-state index contributed by atoms with van der Waals surface area (Å²) in [5.74, 6) is 0. The summed E-state index contributed by atoms with van der Waals surface area (Å²) in [6, 6.07) is 0. The summed E-state index contributed by atoms with van der Waals surface area (Å²) in [7, 11) is -18.0. The Morgan fingerprint density at radius 3 is 0.350 bits per heavy atom. The Kier molecular flexibility index (Phi) is 33.5. The van der Waals surface area contributed by atoms with Crippen LogP contribution in [0.25, 0.3) is 0 Å². The lowest BCUT2D eigenvalue weighted by atomic mass is 10.3. The van der Waals surface area contributed by atoms with E-state index in [1.54, 1.807) is 0 Å². The van der Waals surface area contributed by atoms with Gasteiger partial charge in [0.25, 0.3) is 0 Å². The smallest absolute Gasteiger partial charge is 0.418 e. The SMILES string of the molecule is CC.CC.F[B-](F)(F)F.F[B-](F)(F)F.F[B-](F)(F)F.O. The molecular weight excluding hydrogens is 324 g/mol. The van der Waals surface area contributed by atoms with E-state index in [0.717, 1.165) is 0 Å². The van der Waals surface area contributed by atoms with Crippen LogP contribution < -0.4 is 0 Å². The molecule has 0 radical (unpaired) electrons. The maximum Gasteiger partial charge on any atom is 0.673 e. The van der Waals surface area contributed by atoms with Gasteiger partial charge in [-0.2, -0.15) is 0 Å². The first kappa shape index (κ1) is 36.5. The molecule has 0 fully saturated rings. The minimum atomic E-state index is -6.00. The average molecular weight is 339 g/mol. The molecule has 2 N–H and O–H groups in total. The molecule has 0 aliphatic carbocycles. The fraction of sp³-hybridized carbons (Fsp3) is 1.00. The second kappa shape index (κ2) is 18.3. The molecule has 20 heavy (non-hydrogen) atoms. The van der Waals surface area contributed by atoms with Crippen LogP contribution in [0.4, 0.5) is 51.8 Å². The normalized spacial score (nSPS) is 9.60. The van der Waals surface area contributed by atoms with Crippen LogP contribution in [0, 0.1) is 0 Å². The minimum absolute atomic E-state index is 0. The van der Waals surface area contributed by atoms with Crippen LogP contribution >= 0.6 is 0 Å². The molecule has 0 unspecified atom stereocenters. The van der Waals surface area contributed by atoms with Gasteiger partial charge in [-0.3, -0.25) is 0 Å². The summed E-state index contributed by atoms with van der Waals surface area (Å²) in [6.07, 6.45) is 0. The van der Waals surface area contributed by atoms with Gasteiger partial charge in [0.05, 0.1) is 0 Å². The maximum absolute atomic E-state index is 9.75. The third-order valence-electron chi connectivity index (χ3n) is 0. The van der Waals surface area contributed by atoms with Crippen molar-refractivity contribution in [3.63, 3.8) is 0 Å². The van der Waals surface area contributed by atoms with Gasteiger partial charge in [-0.15, -0.1) is 0 Å². The average Bonchev–Trinajstić information content (AvgIpc) is 2.01. The molecule has 0 saturated heterocycles. The van der Waals surface area contributed by atoms with Crippen molar-refractivity contribution in [3.05, 3.63) is 0 Å². The van der Waals surface area contributed by atoms with Gasteiger partial charge in [-0.1, -0.05) is 27.7 Å². The van der Waals surface area contributed by atoms with Crippen LogP contribution in [0.5, 0.6) is 0 Å². The summed E-state index contributed by atoms with van der Waals surface area (Å²) in [4.78, 5) is 0. The molecule has 16 heteroatoms. The lowest BCUT2D eigenvalue weighted by molar-refractivity contribution is 0.366. The molecule has 0 aromatic heterocycles. The molecule has 0 aromatic rings. The van der Waals surface area contributed by atoms with Crippen molar-refractivity contribution in [2.45, 2.75) is 27.7 Å². The topological polar surface area (TPSA) is 31.5 Å². The van der Waals surface area contributed by atoms with Crippen molar-refractivity contribution in [2.24, 2.45) is 0 Å². The van der Waals surface area contributed by atoms with E-state index in [4.69, 9.17) is 0 Å². The van der Waals surface area contributed by atoms with E-state index in [-0.39, 0.29) is 5.48 Å². The Hall–Kier alpha value is -0.685. The zero-order valence-corrected chi connectivity index (χ0v) is 10.8. The van der Waals surface area contributed by atoms with Gasteiger partial charge in [0.1, 0.15) is 0 Å². The predicted octanol–water partition coefficient (Wildman–Crippen LogP) is 5.13. The Labute approximate surface area is 108 Å². The lowest BCUT2D eigenvalue weighted by Gasteiger charge is -1.94. The first-order chi connectivity index (χ1) is 8.00.